The smallest absolute Gasteiger partial charge is 0.319 e. The molecule has 5 aromatic rings. The van der Waals surface area contributed by atoms with E-state index in [-0.39, 0.29) is 12.7 Å². The Morgan fingerprint density at radius 3 is 2.26 bits per heavy atom. The quantitative estimate of drug-likeness (QED) is 0.143. The third-order valence-electron chi connectivity index (χ3n) is 9.27. The number of hydrogen-bond donors (Lipinski definition) is 0. The zero-order chi connectivity index (χ0) is 28.8. The van der Waals surface area contributed by atoms with Crippen molar-refractivity contribution in [1.29, 1.82) is 0 Å². The molecule has 208 valence electrons. The van der Waals surface area contributed by atoms with E-state index in [0.29, 0.717) is 28.5 Å². The fraction of sp³-hybridized carbons (Fsp3) is 0.139. The Labute approximate surface area is 245 Å². The molecule has 3 aliphatic heterocycles. The monoisotopic (exact) mass is 565 g/mol. The Kier molecular flexibility index (Phi) is 4.94. The molecule has 1 fully saturated rings. The highest BCUT2D eigenvalue weighted by Gasteiger charge is 2.60. The molecule has 2 amide bonds. The van der Waals surface area contributed by atoms with Crippen LogP contribution in [0, 0.1) is 17.8 Å². The maximum Gasteiger partial charge on any atom is 0.319 e. The average molecular weight is 566 g/mol. The lowest BCUT2D eigenvalue weighted by atomic mass is 9.64. The summed E-state index contributed by atoms with van der Waals surface area (Å²) in [5, 5.41) is 3.48. The summed E-state index contributed by atoms with van der Waals surface area (Å²) in [5.41, 5.74) is 2.80. The summed E-state index contributed by atoms with van der Waals surface area (Å²) in [6.45, 7) is 0.122. The van der Waals surface area contributed by atoms with Crippen LogP contribution in [0.5, 0.6) is 17.2 Å². The zero-order valence-electron chi connectivity index (χ0n) is 22.7. The highest BCUT2D eigenvalue weighted by Crippen LogP contribution is 2.56. The topological polar surface area (TPSA) is 82.1 Å². The van der Waals surface area contributed by atoms with E-state index in [1.807, 2.05) is 97.1 Å². The minimum atomic E-state index is -0.936. The molecule has 1 saturated heterocycles. The van der Waals surface area contributed by atoms with Crippen LogP contribution in [0.15, 0.2) is 103 Å². The molecule has 5 aromatic carbocycles. The number of allylic oxidation sites excluding steroid dienone is 1. The van der Waals surface area contributed by atoms with E-state index in [1.165, 1.54) is 4.90 Å². The molecule has 0 N–H and O–H groups in total. The van der Waals surface area contributed by atoms with Crippen LogP contribution in [0.4, 0.5) is 5.69 Å². The maximum atomic E-state index is 14.5. The van der Waals surface area contributed by atoms with Gasteiger partial charge in [-0.05, 0) is 40.1 Å². The Balaban J connectivity index is 1.27. The molecule has 0 saturated carbocycles. The second-order valence-corrected chi connectivity index (χ2v) is 11.4. The van der Waals surface area contributed by atoms with Gasteiger partial charge in [-0.1, -0.05) is 84.9 Å². The molecule has 0 bridgehead atoms. The highest BCUT2D eigenvalue weighted by atomic mass is 16.7. The molecule has 0 radical (unpaired) electrons. The van der Waals surface area contributed by atoms with Gasteiger partial charge in [0.15, 0.2) is 11.5 Å². The lowest BCUT2D eigenvalue weighted by molar-refractivity contribution is -0.142. The summed E-state index contributed by atoms with van der Waals surface area (Å²) in [6, 6.07) is 30.6. The molecule has 3 heterocycles. The van der Waals surface area contributed by atoms with Crippen LogP contribution in [0.25, 0.3) is 27.1 Å². The van der Waals surface area contributed by atoms with Crippen molar-refractivity contribution in [2.75, 3.05) is 11.7 Å². The molecule has 0 unspecified atom stereocenters. The van der Waals surface area contributed by atoms with Gasteiger partial charge in [0.1, 0.15) is 5.75 Å². The minimum absolute atomic E-state index is 0.122. The van der Waals surface area contributed by atoms with Crippen molar-refractivity contribution in [3.8, 4) is 17.2 Å². The Bertz CT molecular complexity index is 2090. The van der Waals surface area contributed by atoms with Crippen LogP contribution >= 0.6 is 0 Å². The van der Waals surface area contributed by atoms with E-state index in [4.69, 9.17) is 14.2 Å². The fourth-order valence-corrected chi connectivity index (χ4v) is 7.38. The second kappa shape index (κ2) is 8.79. The molecule has 1 aliphatic carbocycles. The molecule has 9 rings (SSSR count). The first-order valence-corrected chi connectivity index (χ1v) is 14.3. The summed E-state index contributed by atoms with van der Waals surface area (Å²) in [6.07, 6.45) is 2.00. The Morgan fingerprint density at radius 1 is 0.674 bits per heavy atom. The molecule has 7 nitrogen and oxygen atoms in total. The van der Waals surface area contributed by atoms with E-state index in [9.17, 15) is 14.4 Å². The molecular weight excluding hydrogens is 542 g/mol. The van der Waals surface area contributed by atoms with E-state index in [1.54, 1.807) is 6.07 Å². The van der Waals surface area contributed by atoms with Gasteiger partial charge in [0.25, 0.3) is 0 Å². The number of amides is 2. The Morgan fingerprint density at radius 2 is 1.40 bits per heavy atom. The molecule has 7 heteroatoms. The standard InChI is InChI=1S/C36H23NO6/c38-34-30-25(21-13-15-28-29(16-21)42-18-41-28)17-26-24-14-12-20-7-2-4-10-23(20)33(24)43-36(40)31(26)32(30)35(39)37(34)27-11-5-8-19-6-1-3-9-22(19)27/h1-17,25,30-32H,18H2/t25-,30+,31+,32-/m1/s1. The molecule has 4 atom stereocenters. The van der Waals surface area contributed by atoms with Gasteiger partial charge in [-0.25, -0.2) is 4.90 Å². The van der Waals surface area contributed by atoms with Crippen molar-refractivity contribution in [3.05, 3.63) is 114 Å². The zero-order valence-corrected chi connectivity index (χ0v) is 22.7. The van der Waals surface area contributed by atoms with Crippen LogP contribution in [0.3, 0.4) is 0 Å². The summed E-state index contributed by atoms with van der Waals surface area (Å²) in [7, 11) is 0. The first-order valence-electron chi connectivity index (χ1n) is 14.3. The number of esters is 1. The van der Waals surface area contributed by atoms with Crippen molar-refractivity contribution < 1.29 is 28.6 Å². The SMILES string of the molecule is O=C1Oc2c(ccc3ccccc23)C2=C[C@H](c3ccc4c(c3)OCO4)[C@@H]3C(=O)N(c4cccc5ccccc45)C(=O)[C@H]3[C@@H]12. The van der Waals surface area contributed by atoms with Crippen molar-refractivity contribution in [2.24, 2.45) is 17.8 Å². The lowest BCUT2D eigenvalue weighted by Gasteiger charge is -2.38. The number of benzene rings is 5. The molecule has 43 heavy (non-hydrogen) atoms. The van der Waals surface area contributed by atoms with Crippen LogP contribution in [-0.4, -0.2) is 24.6 Å². The Hall–Kier alpha value is -5.43. The first kappa shape index (κ1) is 24.2. The lowest BCUT2D eigenvalue weighted by Crippen LogP contribution is -2.42. The van der Waals surface area contributed by atoms with Gasteiger partial charge in [-0.2, -0.15) is 0 Å². The predicted molar refractivity (Wildman–Crippen MR) is 160 cm³/mol. The molecule has 4 aliphatic rings. The number of hydrogen-bond acceptors (Lipinski definition) is 6. The van der Waals surface area contributed by atoms with E-state index in [0.717, 1.165) is 32.7 Å². The minimum Gasteiger partial charge on any atom is -0.454 e. The van der Waals surface area contributed by atoms with E-state index in [2.05, 4.69) is 0 Å². The summed E-state index contributed by atoms with van der Waals surface area (Å²) < 4.78 is 17.2. The number of carbonyl (C=O) groups excluding carboxylic acids is 3. The average Bonchev–Trinajstić information content (AvgIpc) is 3.62. The molecule has 0 spiro atoms. The fourth-order valence-electron chi connectivity index (χ4n) is 7.38. The normalized spacial score (nSPS) is 23.6. The summed E-state index contributed by atoms with van der Waals surface area (Å²) >= 11 is 0. The van der Waals surface area contributed by atoms with Crippen LogP contribution in [0.1, 0.15) is 17.0 Å². The molecule has 0 aromatic heterocycles. The number of nitrogens with zero attached hydrogens (tertiary/aromatic N) is 1. The van der Waals surface area contributed by atoms with Crippen LogP contribution in [0.2, 0.25) is 0 Å². The molecular formula is C36H23NO6. The number of carbonyl (C=O) groups is 3. The number of anilines is 1. The van der Waals surface area contributed by atoms with Crippen molar-refractivity contribution >= 4 is 50.6 Å². The van der Waals surface area contributed by atoms with Gasteiger partial charge in [0.05, 0.1) is 23.4 Å². The van der Waals surface area contributed by atoms with Gasteiger partial charge in [0, 0.05) is 22.3 Å². The van der Waals surface area contributed by atoms with Gasteiger partial charge in [-0.3, -0.25) is 14.4 Å². The predicted octanol–water partition coefficient (Wildman–Crippen LogP) is 6.24. The van der Waals surface area contributed by atoms with Gasteiger partial charge in [0.2, 0.25) is 18.6 Å². The third kappa shape index (κ3) is 3.33. The van der Waals surface area contributed by atoms with Gasteiger partial charge in [-0.15, -0.1) is 0 Å². The number of imide groups is 1. The summed E-state index contributed by atoms with van der Waals surface area (Å²) in [4.78, 5) is 44.2. The third-order valence-corrected chi connectivity index (χ3v) is 9.27. The largest absolute Gasteiger partial charge is 0.454 e. The van der Waals surface area contributed by atoms with Crippen molar-refractivity contribution in [3.63, 3.8) is 0 Å². The van der Waals surface area contributed by atoms with E-state index < -0.39 is 35.5 Å². The van der Waals surface area contributed by atoms with Crippen molar-refractivity contribution in [1.82, 2.24) is 0 Å². The summed E-state index contributed by atoms with van der Waals surface area (Å²) in [5.74, 6) is -2.70. The maximum absolute atomic E-state index is 14.5. The van der Waals surface area contributed by atoms with Gasteiger partial charge < -0.3 is 14.2 Å². The highest BCUT2D eigenvalue weighted by molar-refractivity contribution is 6.27. The van der Waals surface area contributed by atoms with Crippen LogP contribution in [-0.2, 0) is 14.4 Å². The second-order valence-electron chi connectivity index (χ2n) is 11.4. The number of fused-ring (bicyclic) bond motifs is 9. The first-order chi connectivity index (χ1) is 21.1. The van der Waals surface area contributed by atoms with Crippen molar-refractivity contribution in [2.45, 2.75) is 5.92 Å². The number of ether oxygens (including phenoxy) is 3. The number of rotatable bonds is 2. The van der Waals surface area contributed by atoms with E-state index >= 15 is 0 Å². The van der Waals surface area contributed by atoms with Gasteiger partial charge >= 0.3 is 5.97 Å². The van der Waals surface area contributed by atoms with Crippen LogP contribution < -0.4 is 19.1 Å².